The van der Waals surface area contributed by atoms with Gasteiger partial charge in [-0.05, 0) is 67.1 Å². The van der Waals surface area contributed by atoms with Gasteiger partial charge in [0.1, 0.15) is 5.75 Å². The molecule has 170 valence electrons. The summed E-state index contributed by atoms with van der Waals surface area (Å²) in [5.41, 5.74) is 3.51. The summed E-state index contributed by atoms with van der Waals surface area (Å²) >= 11 is 0. The molecule has 7 heteroatoms. The number of hydrogen-bond acceptors (Lipinski definition) is 4. The monoisotopic (exact) mass is 454 g/mol. The molecule has 0 spiro atoms. The third-order valence-corrected chi connectivity index (χ3v) is 8.21. The molecule has 32 heavy (non-hydrogen) atoms. The Balaban J connectivity index is 1.86. The van der Waals surface area contributed by atoms with Crippen molar-refractivity contribution in [1.29, 1.82) is 0 Å². The van der Waals surface area contributed by atoms with Crippen LogP contribution in [-0.4, -0.2) is 32.8 Å². The van der Waals surface area contributed by atoms with Gasteiger partial charge in [-0.3, -0.25) is 9.10 Å². The normalized spacial score (nSPS) is 15.6. The van der Waals surface area contributed by atoms with E-state index in [0.29, 0.717) is 41.9 Å². The van der Waals surface area contributed by atoms with Gasteiger partial charge in [-0.2, -0.15) is 0 Å². The Kier molecular flexibility index (Phi) is 5.57. The number of fused-ring (bicyclic) bond motifs is 3. The predicted molar refractivity (Wildman–Crippen MR) is 127 cm³/mol. The molecule has 0 saturated carbocycles. The fourth-order valence-electron chi connectivity index (χ4n) is 4.71. The van der Waals surface area contributed by atoms with Crippen LogP contribution in [0.5, 0.6) is 5.75 Å². The zero-order chi connectivity index (χ0) is 23.3. The highest BCUT2D eigenvalue weighted by molar-refractivity contribution is 7.92. The van der Waals surface area contributed by atoms with E-state index in [1.807, 2.05) is 19.9 Å². The van der Waals surface area contributed by atoms with Gasteiger partial charge in [0.2, 0.25) is 0 Å². The Morgan fingerprint density at radius 3 is 2.38 bits per heavy atom. The molecule has 1 heterocycles. The first-order valence-electron chi connectivity index (χ1n) is 11.0. The second-order valence-corrected chi connectivity index (χ2v) is 11.0. The molecular formula is C25H30N2O4S. The number of nitrogens with one attached hydrogen (secondary N) is 1. The highest BCUT2D eigenvalue weighted by Crippen LogP contribution is 2.39. The number of ether oxygens (including phenoxy) is 1. The number of carbonyl (C=O) groups is 1. The average Bonchev–Trinajstić information content (AvgIpc) is 3.09. The number of H-pyrrole nitrogens is 1. The fourth-order valence-corrected chi connectivity index (χ4v) is 6.49. The summed E-state index contributed by atoms with van der Waals surface area (Å²) in [6.45, 7) is 8.22. The first-order valence-corrected chi connectivity index (χ1v) is 12.4. The van der Waals surface area contributed by atoms with E-state index in [1.165, 1.54) is 4.31 Å². The molecule has 0 amide bonds. The molecule has 6 nitrogen and oxygen atoms in total. The van der Waals surface area contributed by atoms with Gasteiger partial charge in [-0.25, -0.2) is 8.42 Å². The number of anilines is 1. The highest BCUT2D eigenvalue weighted by atomic mass is 32.2. The van der Waals surface area contributed by atoms with Crippen LogP contribution in [0.3, 0.4) is 0 Å². The first-order chi connectivity index (χ1) is 15.1. The maximum atomic E-state index is 13.8. The first kappa shape index (κ1) is 22.4. The maximum Gasteiger partial charge on any atom is 0.264 e. The molecule has 4 rings (SSSR count). The molecular weight excluding hydrogens is 424 g/mol. The van der Waals surface area contributed by atoms with E-state index in [0.717, 1.165) is 23.1 Å². The molecule has 0 unspecified atom stereocenters. The van der Waals surface area contributed by atoms with Gasteiger partial charge in [0.15, 0.2) is 5.78 Å². The quantitative estimate of drug-likeness (QED) is 0.561. The Hall–Kier alpha value is -2.80. The van der Waals surface area contributed by atoms with Crippen molar-refractivity contribution in [3.05, 3.63) is 53.2 Å². The molecule has 1 aromatic heterocycles. The van der Waals surface area contributed by atoms with Gasteiger partial charge in [-0.15, -0.1) is 0 Å². The smallest absolute Gasteiger partial charge is 0.264 e. The van der Waals surface area contributed by atoms with Crippen LogP contribution in [-0.2, 0) is 22.9 Å². The van der Waals surface area contributed by atoms with Crippen LogP contribution >= 0.6 is 0 Å². The molecule has 0 bridgehead atoms. The summed E-state index contributed by atoms with van der Waals surface area (Å²) in [6.07, 6.45) is 1.80. The topological polar surface area (TPSA) is 79.5 Å². The van der Waals surface area contributed by atoms with E-state index in [1.54, 1.807) is 37.4 Å². The number of rotatable bonds is 6. The minimum atomic E-state index is -3.81. The average molecular weight is 455 g/mol. The SMILES string of the molecule is CCc1cc2c3c([nH]c2cc1S(=O)(=O)N(CC)c1ccc(OC)cc1)CC(C)(C)CC3=O. The lowest BCUT2D eigenvalue weighted by Gasteiger charge is -2.28. The summed E-state index contributed by atoms with van der Waals surface area (Å²) in [6, 6.07) is 10.6. The molecule has 0 radical (unpaired) electrons. The molecule has 0 fully saturated rings. The molecule has 1 aliphatic rings. The number of sulfonamides is 1. The second-order valence-electron chi connectivity index (χ2n) is 9.15. The van der Waals surface area contributed by atoms with E-state index < -0.39 is 10.0 Å². The van der Waals surface area contributed by atoms with E-state index in [-0.39, 0.29) is 16.1 Å². The molecule has 0 aliphatic heterocycles. The van der Waals surface area contributed by atoms with Crippen molar-refractivity contribution in [1.82, 2.24) is 4.98 Å². The number of aromatic nitrogens is 1. The van der Waals surface area contributed by atoms with Crippen LogP contribution in [0.25, 0.3) is 10.9 Å². The van der Waals surface area contributed by atoms with Crippen molar-refractivity contribution in [3.8, 4) is 5.75 Å². The second kappa shape index (κ2) is 7.96. The van der Waals surface area contributed by atoms with E-state index in [9.17, 15) is 13.2 Å². The summed E-state index contributed by atoms with van der Waals surface area (Å²) in [5, 5.41) is 0.823. The summed E-state index contributed by atoms with van der Waals surface area (Å²) in [4.78, 5) is 16.5. The van der Waals surface area contributed by atoms with Gasteiger partial charge < -0.3 is 9.72 Å². The Labute approximate surface area is 189 Å². The predicted octanol–water partition coefficient (Wildman–Crippen LogP) is 5.11. The van der Waals surface area contributed by atoms with Crippen LogP contribution in [0.1, 0.15) is 55.7 Å². The van der Waals surface area contributed by atoms with Gasteiger partial charge in [0.25, 0.3) is 10.0 Å². The van der Waals surface area contributed by atoms with Crippen molar-refractivity contribution in [2.24, 2.45) is 5.41 Å². The number of nitrogens with zero attached hydrogens (tertiary/aromatic N) is 1. The third-order valence-electron chi connectivity index (χ3n) is 6.23. The van der Waals surface area contributed by atoms with Crippen molar-refractivity contribution in [2.75, 3.05) is 18.0 Å². The van der Waals surface area contributed by atoms with Gasteiger partial charge in [-0.1, -0.05) is 20.8 Å². The van der Waals surface area contributed by atoms with Crippen molar-refractivity contribution in [3.63, 3.8) is 0 Å². The van der Waals surface area contributed by atoms with Gasteiger partial charge >= 0.3 is 0 Å². The summed E-state index contributed by atoms with van der Waals surface area (Å²) in [5.74, 6) is 0.788. The van der Waals surface area contributed by atoms with E-state index >= 15 is 0 Å². The van der Waals surface area contributed by atoms with Crippen LogP contribution < -0.4 is 9.04 Å². The maximum absolute atomic E-state index is 13.8. The van der Waals surface area contributed by atoms with Gasteiger partial charge in [0.05, 0.1) is 17.7 Å². The summed E-state index contributed by atoms with van der Waals surface area (Å²) < 4.78 is 34.1. The van der Waals surface area contributed by atoms with Crippen molar-refractivity contribution >= 4 is 32.4 Å². The van der Waals surface area contributed by atoms with Crippen molar-refractivity contribution < 1.29 is 17.9 Å². The molecule has 0 saturated heterocycles. The standard InChI is InChI=1S/C25H30N2O4S/c1-6-16-12-19-20(26-21-14-25(3,4)15-22(28)24(19)21)13-23(16)32(29,30)27(7-2)17-8-10-18(31-5)11-9-17/h8-13,26H,6-7,14-15H2,1-5H3. The third kappa shape index (κ3) is 3.68. The van der Waals surface area contributed by atoms with Crippen LogP contribution in [0.15, 0.2) is 41.3 Å². The lowest BCUT2D eigenvalue weighted by Crippen LogP contribution is -2.31. The van der Waals surface area contributed by atoms with Crippen LogP contribution in [0, 0.1) is 5.41 Å². The van der Waals surface area contributed by atoms with Gasteiger partial charge in [0, 0.05) is 35.1 Å². The molecule has 3 aromatic rings. The number of methoxy groups -OCH3 is 1. The number of carbonyl (C=O) groups excluding carboxylic acids is 1. The van der Waals surface area contributed by atoms with Crippen molar-refractivity contribution in [2.45, 2.75) is 51.9 Å². The number of hydrogen-bond donors (Lipinski definition) is 1. The lowest BCUT2D eigenvalue weighted by atomic mass is 9.76. The highest BCUT2D eigenvalue weighted by Gasteiger charge is 2.35. The Morgan fingerprint density at radius 2 is 1.78 bits per heavy atom. The zero-order valence-corrected chi connectivity index (χ0v) is 20.1. The van der Waals surface area contributed by atoms with E-state index in [4.69, 9.17) is 4.74 Å². The molecule has 1 aliphatic carbocycles. The Bertz CT molecular complexity index is 1290. The fraction of sp³-hybridized carbons (Fsp3) is 0.400. The largest absolute Gasteiger partial charge is 0.497 e. The van der Waals surface area contributed by atoms with Crippen LogP contribution in [0.4, 0.5) is 5.69 Å². The molecule has 1 N–H and O–H groups in total. The summed E-state index contributed by atoms with van der Waals surface area (Å²) in [7, 11) is -2.23. The Morgan fingerprint density at radius 1 is 1.09 bits per heavy atom. The van der Waals surface area contributed by atoms with E-state index in [2.05, 4.69) is 18.8 Å². The minimum Gasteiger partial charge on any atom is -0.497 e. The zero-order valence-electron chi connectivity index (χ0n) is 19.3. The lowest BCUT2D eigenvalue weighted by molar-refractivity contribution is 0.0913. The molecule has 0 atom stereocenters. The number of Topliss-reactive ketones (excluding diaryl/α,β-unsaturated/α-hetero) is 1. The number of ketones is 1. The van der Waals surface area contributed by atoms with Crippen LogP contribution in [0.2, 0.25) is 0 Å². The number of aromatic amines is 1. The molecule has 2 aromatic carbocycles. The minimum absolute atomic E-state index is 0.110. The number of aryl methyl sites for hydroxylation is 1. The number of benzene rings is 2.